The second-order valence-electron chi connectivity index (χ2n) is 7.69. The van der Waals surface area contributed by atoms with E-state index in [-0.39, 0.29) is 12.7 Å². The molecule has 1 saturated heterocycles. The Hall–Kier alpha value is -3.06. The Morgan fingerprint density at radius 1 is 1.07 bits per heavy atom. The number of hydrogen-bond acceptors (Lipinski definition) is 5. The zero-order valence-electron chi connectivity index (χ0n) is 16.1. The van der Waals surface area contributed by atoms with Crippen molar-refractivity contribution < 1.29 is 28.7 Å². The number of carbonyl (C=O) groups is 2. The van der Waals surface area contributed by atoms with E-state index in [0.29, 0.717) is 25.1 Å². The van der Waals surface area contributed by atoms with E-state index in [2.05, 4.69) is 6.07 Å². The number of fused-ring (bicyclic) bond motifs is 2. The molecule has 7 heteroatoms. The zero-order chi connectivity index (χ0) is 19.8. The van der Waals surface area contributed by atoms with Gasteiger partial charge in [-0.05, 0) is 29.8 Å². The summed E-state index contributed by atoms with van der Waals surface area (Å²) >= 11 is 0. The number of ether oxygens (including phenoxy) is 3. The summed E-state index contributed by atoms with van der Waals surface area (Å²) in [6.07, 6.45) is -0.266. The van der Waals surface area contributed by atoms with Crippen LogP contribution in [0.5, 0.6) is 11.5 Å². The maximum absolute atomic E-state index is 12.9. The van der Waals surface area contributed by atoms with Crippen molar-refractivity contribution in [1.29, 1.82) is 0 Å². The summed E-state index contributed by atoms with van der Waals surface area (Å²) in [6.45, 7) is 4.20. The molecular formula is C22H23N2O5+. The standard InChI is InChI=1S/C22H22N2O5/c25-21(20-12-16-3-1-2-4-17(16)22(26)29-20)24-9-7-23(8-10-24)13-15-5-6-18-19(11-15)28-14-27-18/h1-6,11,20H,7-10,12-14H2/p+1/t20-/m0/s1. The van der Waals surface area contributed by atoms with Crippen LogP contribution >= 0.6 is 0 Å². The second kappa shape index (κ2) is 7.40. The number of rotatable bonds is 3. The van der Waals surface area contributed by atoms with E-state index in [1.54, 1.807) is 6.07 Å². The molecule has 3 heterocycles. The molecule has 1 atom stereocenters. The van der Waals surface area contributed by atoms with Gasteiger partial charge in [-0.1, -0.05) is 18.2 Å². The Bertz CT molecular complexity index is 952. The third-order valence-electron chi connectivity index (χ3n) is 5.84. The molecule has 7 nitrogen and oxygen atoms in total. The van der Waals surface area contributed by atoms with Crippen LogP contribution in [0.25, 0.3) is 0 Å². The lowest BCUT2D eigenvalue weighted by Gasteiger charge is -2.35. The van der Waals surface area contributed by atoms with E-state index in [1.807, 2.05) is 35.2 Å². The number of benzene rings is 2. The van der Waals surface area contributed by atoms with E-state index >= 15 is 0 Å². The number of nitrogens with zero attached hydrogens (tertiary/aromatic N) is 1. The number of nitrogens with one attached hydrogen (secondary N) is 1. The van der Waals surface area contributed by atoms with Crippen LogP contribution in [0.3, 0.4) is 0 Å². The first-order valence-corrected chi connectivity index (χ1v) is 9.97. The van der Waals surface area contributed by atoms with Crippen LogP contribution in [0, 0.1) is 0 Å². The van der Waals surface area contributed by atoms with Crippen LogP contribution in [-0.2, 0) is 22.5 Å². The summed E-state index contributed by atoms with van der Waals surface area (Å²) in [5.41, 5.74) is 2.64. The van der Waals surface area contributed by atoms with Crippen molar-refractivity contribution in [3.63, 3.8) is 0 Å². The molecule has 1 fully saturated rings. The first-order chi connectivity index (χ1) is 14.2. The van der Waals surface area contributed by atoms with Gasteiger partial charge in [0.2, 0.25) is 6.79 Å². The Morgan fingerprint density at radius 3 is 2.72 bits per heavy atom. The fourth-order valence-electron chi connectivity index (χ4n) is 4.23. The van der Waals surface area contributed by atoms with Gasteiger partial charge in [0.05, 0.1) is 31.7 Å². The van der Waals surface area contributed by atoms with E-state index in [0.717, 1.165) is 36.7 Å². The van der Waals surface area contributed by atoms with Gasteiger partial charge in [0.25, 0.3) is 5.91 Å². The Labute approximate surface area is 168 Å². The lowest BCUT2D eigenvalue weighted by atomic mass is 9.98. The fraction of sp³-hybridized carbons (Fsp3) is 0.364. The molecule has 2 aromatic carbocycles. The molecule has 3 aliphatic rings. The minimum atomic E-state index is -0.715. The molecule has 1 amide bonds. The Morgan fingerprint density at radius 2 is 1.86 bits per heavy atom. The van der Waals surface area contributed by atoms with Gasteiger partial charge >= 0.3 is 5.97 Å². The number of carbonyl (C=O) groups excluding carboxylic acids is 2. The molecule has 5 rings (SSSR count). The van der Waals surface area contributed by atoms with Crippen molar-refractivity contribution in [3.8, 4) is 11.5 Å². The van der Waals surface area contributed by atoms with E-state index in [1.165, 1.54) is 10.5 Å². The molecule has 150 valence electrons. The highest BCUT2D eigenvalue weighted by Gasteiger charge is 2.35. The molecule has 0 radical (unpaired) electrons. The first kappa shape index (κ1) is 18.0. The van der Waals surface area contributed by atoms with Crippen LogP contribution < -0.4 is 14.4 Å². The van der Waals surface area contributed by atoms with Crippen LogP contribution in [0.2, 0.25) is 0 Å². The van der Waals surface area contributed by atoms with Crippen molar-refractivity contribution in [2.45, 2.75) is 19.1 Å². The SMILES string of the molecule is O=C1O[C@H](C(=O)N2CC[NH+](Cc3ccc4c(c3)OCO4)CC2)Cc2ccccc21. The van der Waals surface area contributed by atoms with Gasteiger partial charge in [-0.15, -0.1) is 0 Å². The van der Waals surface area contributed by atoms with Gasteiger partial charge in [-0.3, -0.25) is 4.79 Å². The molecular weight excluding hydrogens is 372 g/mol. The summed E-state index contributed by atoms with van der Waals surface area (Å²) < 4.78 is 16.2. The lowest BCUT2D eigenvalue weighted by Crippen LogP contribution is -3.13. The monoisotopic (exact) mass is 395 g/mol. The Kier molecular flexibility index (Phi) is 4.60. The maximum Gasteiger partial charge on any atom is 0.339 e. The predicted octanol–water partition coefficient (Wildman–Crippen LogP) is 0.424. The van der Waals surface area contributed by atoms with Gasteiger partial charge < -0.3 is 24.0 Å². The third kappa shape index (κ3) is 3.53. The predicted molar refractivity (Wildman–Crippen MR) is 103 cm³/mol. The van der Waals surface area contributed by atoms with Gasteiger partial charge in [0, 0.05) is 12.0 Å². The molecule has 29 heavy (non-hydrogen) atoms. The maximum atomic E-state index is 12.9. The first-order valence-electron chi connectivity index (χ1n) is 9.97. The van der Waals surface area contributed by atoms with Gasteiger partial charge in [-0.25, -0.2) is 4.79 Å². The highest BCUT2D eigenvalue weighted by molar-refractivity contribution is 5.95. The number of cyclic esters (lactones) is 1. The molecule has 3 aliphatic heterocycles. The molecule has 0 unspecified atom stereocenters. The van der Waals surface area contributed by atoms with E-state index in [4.69, 9.17) is 14.2 Å². The third-order valence-corrected chi connectivity index (χ3v) is 5.84. The number of esters is 1. The topological polar surface area (TPSA) is 69.5 Å². The highest BCUT2D eigenvalue weighted by atomic mass is 16.7. The average molecular weight is 395 g/mol. The quantitative estimate of drug-likeness (QED) is 0.764. The van der Waals surface area contributed by atoms with Crippen LogP contribution in [0.4, 0.5) is 0 Å². The highest BCUT2D eigenvalue weighted by Crippen LogP contribution is 2.32. The van der Waals surface area contributed by atoms with Gasteiger partial charge in [0.1, 0.15) is 6.54 Å². The van der Waals surface area contributed by atoms with Gasteiger partial charge in [-0.2, -0.15) is 0 Å². The normalized spacial score (nSPS) is 20.9. The van der Waals surface area contributed by atoms with Gasteiger partial charge in [0.15, 0.2) is 17.6 Å². The molecule has 0 aromatic heterocycles. The van der Waals surface area contributed by atoms with Crippen molar-refractivity contribution >= 4 is 11.9 Å². The summed E-state index contributed by atoms with van der Waals surface area (Å²) in [4.78, 5) is 28.4. The lowest BCUT2D eigenvalue weighted by molar-refractivity contribution is -0.917. The average Bonchev–Trinajstić information content (AvgIpc) is 3.22. The van der Waals surface area contributed by atoms with Crippen molar-refractivity contribution in [2.75, 3.05) is 33.0 Å². The fourth-order valence-corrected chi connectivity index (χ4v) is 4.23. The number of hydrogen-bond donors (Lipinski definition) is 1. The summed E-state index contributed by atoms with van der Waals surface area (Å²) in [6, 6.07) is 13.4. The molecule has 1 N–H and O–H groups in total. The molecule has 0 aliphatic carbocycles. The number of quaternary nitrogens is 1. The number of piperazine rings is 1. The summed E-state index contributed by atoms with van der Waals surface area (Å²) in [5.74, 6) is 1.10. The van der Waals surface area contributed by atoms with Crippen LogP contribution in [0.1, 0.15) is 21.5 Å². The van der Waals surface area contributed by atoms with Crippen molar-refractivity contribution in [2.24, 2.45) is 0 Å². The van der Waals surface area contributed by atoms with Crippen LogP contribution in [0.15, 0.2) is 42.5 Å². The smallest absolute Gasteiger partial charge is 0.339 e. The zero-order valence-corrected chi connectivity index (χ0v) is 16.1. The minimum Gasteiger partial charge on any atom is -0.454 e. The summed E-state index contributed by atoms with van der Waals surface area (Å²) in [7, 11) is 0. The molecule has 0 bridgehead atoms. The molecule has 0 saturated carbocycles. The second-order valence-corrected chi connectivity index (χ2v) is 7.69. The van der Waals surface area contributed by atoms with Crippen molar-refractivity contribution in [1.82, 2.24) is 4.90 Å². The molecule has 2 aromatic rings. The Balaban J connectivity index is 1.18. The minimum absolute atomic E-state index is 0.0880. The van der Waals surface area contributed by atoms with Crippen molar-refractivity contribution in [3.05, 3.63) is 59.2 Å². The number of amides is 1. The van der Waals surface area contributed by atoms with E-state index in [9.17, 15) is 9.59 Å². The largest absolute Gasteiger partial charge is 0.454 e. The molecule has 0 spiro atoms. The van der Waals surface area contributed by atoms with Crippen LogP contribution in [-0.4, -0.2) is 55.9 Å². The summed E-state index contributed by atoms with van der Waals surface area (Å²) in [5, 5.41) is 0. The van der Waals surface area contributed by atoms with E-state index < -0.39 is 12.1 Å².